The molecule has 2 aromatic carbocycles. The van der Waals surface area contributed by atoms with Gasteiger partial charge in [0.1, 0.15) is 18.1 Å². The predicted octanol–water partition coefficient (Wildman–Crippen LogP) is 5.48. The molecule has 0 aliphatic carbocycles. The molecule has 0 unspecified atom stereocenters. The van der Waals surface area contributed by atoms with Crippen LogP contribution in [0.15, 0.2) is 69.8 Å². The maximum absolute atomic E-state index is 12.7. The molecule has 4 aromatic rings. The third-order valence-corrected chi connectivity index (χ3v) is 5.32. The summed E-state index contributed by atoms with van der Waals surface area (Å²) in [6.07, 6.45) is 1.80. The Labute approximate surface area is 192 Å². The van der Waals surface area contributed by atoms with Crippen molar-refractivity contribution in [3.05, 3.63) is 92.9 Å². The highest BCUT2D eigenvalue weighted by atomic mass is 79.9. The molecule has 158 valence electrons. The number of hydrogen-bond donors (Lipinski definition) is 1. The van der Waals surface area contributed by atoms with Gasteiger partial charge in [-0.25, -0.2) is 0 Å². The van der Waals surface area contributed by atoms with E-state index in [4.69, 9.17) is 20.9 Å². The van der Waals surface area contributed by atoms with Crippen LogP contribution in [-0.4, -0.2) is 20.8 Å². The Morgan fingerprint density at radius 3 is 2.65 bits per heavy atom. The van der Waals surface area contributed by atoms with Crippen LogP contribution in [-0.2, 0) is 13.2 Å². The molecule has 0 bridgehead atoms. The Bertz CT molecular complexity index is 1190. The van der Waals surface area contributed by atoms with Crippen molar-refractivity contribution in [1.29, 1.82) is 0 Å². The molecule has 0 aliphatic heterocycles. The first kappa shape index (κ1) is 21.1. The van der Waals surface area contributed by atoms with E-state index < -0.39 is 5.91 Å². The molecule has 0 saturated carbocycles. The number of hydrogen-bond acceptors (Lipinski definition) is 5. The average molecular weight is 502 g/mol. The molecule has 0 spiro atoms. The van der Waals surface area contributed by atoms with E-state index in [1.165, 1.54) is 0 Å². The molecule has 0 radical (unpaired) electrons. The van der Waals surface area contributed by atoms with Gasteiger partial charge < -0.3 is 14.6 Å². The quantitative estimate of drug-likeness (QED) is 0.363. The Morgan fingerprint density at radius 1 is 1.16 bits per heavy atom. The van der Waals surface area contributed by atoms with E-state index in [0.717, 1.165) is 10.0 Å². The SMILES string of the molecule is Cc1onc(C(=O)Nc2ccn(Cc3ccc(Br)cc3)n2)c1COc1ccc(Cl)cc1. The molecule has 4 rings (SSSR count). The molecule has 7 nitrogen and oxygen atoms in total. The largest absolute Gasteiger partial charge is 0.489 e. The van der Waals surface area contributed by atoms with Gasteiger partial charge in [-0.15, -0.1) is 0 Å². The first-order chi connectivity index (χ1) is 15.0. The number of nitrogens with zero attached hydrogens (tertiary/aromatic N) is 3. The van der Waals surface area contributed by atoms with E-state index in [2.05, 4.69) is 31.5 Å². The van der Waals surface area contributed by atoms with Crippen LogP contribution in [0.5, 0.6) is 5.75 Å². The minimum atomic E-state index is -0.416. The van der Waals surface area contributed by atoms with Crippen LogP contribution in [0.3, 0.4) is 0 Å². The third-order valence-electron chi connectivity index (χ3n) is 4.54. The number of benzene rings is 2. The maximum atomic E-state index is 12.7. The molecule has 1 amide bonds. The highest BCUT2D eigenvalue weighted by Crippen LogP contribution is 2.21. The fraction of sp³-hybridized carbons (Fsp3) is 0.136. The van der Waals surface area contributed by atoms with E-state index in [-0.39, 0.29) is 12.3 Å². The number of halogens is 2. The summed E-state index contributed by atoms with van der Waals surface area (Å²) in [6, 6.07) is 16.7. The number of rotatable bonds is 7. The van der Waals surface area contributed by atoms with E-state index in [9.17, 15) is 4.79 Å². The summed E-state index contributed by atoms with van der Waals surface area (Å²) in [7, 11) is 0. The fourth-order valence-corrected chi connectivity index (χ4v) is 3.28. The van der Waals surface area contributed by atoms with Gasteiger partial charge in [-0.2, -0.15) is 5.10 Å². The van der Waals surface area contributed by atoms with Crippen molar-refractivity contribution in [2.45, 2.75) is 20.1 Å². The number of carbonyl (C=O) groups is 1. The topological polar surface area (TPSA) is 82.2 Å². The lowest BCUT2D eigenvalue weighted by Gasteiger charge is -2.07. The zero-order valence-corrected chi connectivity index (χ0v) is 18.9. The lowest BCUT2D eigenvalue weighted by atomic mass is 10.2. The van der Waals surface area contributed by atoms with E-state index in [0.29, 0.717) is 34.5 Å². The van der Waals surface area contributed by atoms with Gasteiger partial charge in [0.05, 0.1) is 12.1 Å². The summed E-state index contributed by atoms with van der Waals surface area (Å²) in [4.78, 5) is 12.7. The summed E-state index contributed by atoms with van der Waals surface area (Å²) in [5.41, 5.74) is 1.83. The fourth-order valence-electron chi connectivity index (χ4n) is 2.89. The van der Waals surface area contributed by atoms with Crippen LogP contribution < -0.4 is 10.1 Å². The van der Waals surface area contributed by atoms with Crippen molar-refractivity contribution in [2.75, 3.05) is 5.32 Å². The van der Waals surface area contributed by atoms with Gasteiger partial charge in [0.15, 0.2) is 11.5 Å². The molecule has 0 saturated heterocycles. The highest BCUT2D eigenvalue weighted by molar-refractivity contribution is 9.10. The van der Waals surface area contributed by atoms with Crippen molar-refractivity contribution in [3.8, 4) is 5.75 Å². The standard InChI is InChI=1S/C22H18BrClN4O3/c1-14-19(13-30-18-8-6-17(24)7-9-18)21(27-31-14)22(29)25-20-10-11-28(26-20)12-15-2-4-16(23)5-3-15/h2-11H,12-13H2,1H3,(H,25,26,29). The second-order valence-electron chi connectivity index (χ2n) is 6.79. The Morgan fingerprint density at radius 2 is 1.90 bits per heavy atom. The monoisotopic (exact) mass is 500 g/mol. The van der Waals surface area contributed by atoms with Crippen molar-refractivity contribution in [3.63, 3.8) is 0 Å². The van der Waals surface area contributed by atoms with Crippen LogP contribution >= 0.6 is 27.5 Å². The van der Waals surface area contributed by atoms with Crippen LogP contribution in [0.4, 0.5) is 5.82 Å². The summed E-state index contributed by atoms with van der Waals surface area (Å²) in [5.74, 6) is 1.15. The van der Waals surface area contributed by atoms with E-state index >= 15 is 0 Å². The first-order valence-electron chi connectivity index (χ1n) is 9.41. The van der Waals surface area contributed by atoms with Crippen LogP contribution in [0.1, 0.15) is 27.4 Å². The van der Waals surface area contributed by atoms with Crippen LogP contribution in [0, 0.1) is 6.92 Å². The number of nitrogens with one attached hydrogen (secondary N) is 1. The van der Waals surface area contributed by atoms with Gasteiger partial charge in [-0.1, -0.05) is 44.8 Å². The first-order valence-corrected chi connectivity index (χ1v) is 10.6. The molecule has 2 aromatic heterocycles. The predicted molar refractivity (Wildman–Crippen MR) is 120 cm³/mol. The van der Waals surface area contributed by atoms with Crippen LogP contribution in [0.2, 0.25) is 5.02 Å². The summed E-state index contributed by atoms with van der Waals surface area (Å²) >= 11 is 9.31. The summed E-state index contributed by atoms with van der Waals surface area (Å²) < 4.78 is 13.7. The Kier molecular flexibility index (Phi) is 6.39. The molecule has 1 N–H and O–H groups in total. The van der Waals surface area contributed by atoms with Gasteiger partial charge in [-0.05, 0) is 48.9 Å². The van der Waals surface area contributed by atoms with Gasteiger partial charge in [0.2, 0.25) is 0 Å². The smallest absolute Gasteiger partial charge is 0.279 e. The Balaban J connectivity index is 1.41. The number of amides is 1. The van der Waals surface area contributed by atoms with E-state index in [1.54, 1.807) is 48.1 Å². The van der Waals surface area contributed by atoms with Gasteiger partial charge in [-0.3, -0.25) is 9.48 Å². The number of ether oxygens (including phenoxy) is 1. The molecule has 0 aliphatic rings. The zero-order valence-electron chi connectivity index (χ0n) is 16.5. The molecule has 31 heavy (non-hydrogen) atoms. The molecule has 9 heteroatoms. The van der Waals surface area contributed by atoms with E-state index in [1.807, 2.05) is 24.3 Å². The second kappa shape index (κ2) is 9.36. The minimum Gasteiger partial charge on any atom is -0.489 e. The molecular weight excluding hydrogens is 484 g/mol. The molecular formula is C22H18BrClN4O3. The molecule has 0 fully saturated rings. The number of aromatic nitrogens is 3. The maximum Gasteiger partial charge on any atom is 0.279 e. The van der Waals surface area contributed by atoms with Crippen molar-refractivity contribution in [1.82, 2.24) is 14.9 Å². The average Bonchev–Trinajstić information content (AvgIpc) is 3.35. The molecule has 2 heterocycles. The summed E-state index contributed by atoms with van der Waals surface area (Å²) in [5, 5.41) is 11.7. The highest BCUT2D eigenvalue weighted by Gasteiger charge is 2.21. The number of anilines is 1. The lowest BCUT2D eigenvalue weighted by molar-refractivity contribution is 0.101. The zero-order chi connectivity index (χ0) is 21.8. The lowest BCUT2D eigenvalue weighted by Crippen LogP contribution is -2.16. The van der Waals surface area contributed by atoms with Gasteiger partial charge in [0.25, 0.3) is 5.91 Å². The van der Waals surface area contributed by atoms with Gasteiger partial charge >= 0.3 is 0 Å². The van der Waals surface area contributed by atoms with Crippen molar-refractivity contribution >= 4 is 39.3 Å². The third kappa shape index (κ3) is 5.34. The Hall–Kier alpha value is -3.10. The minimum absolute atomic E-state index is 0.137. The van der Waals surface area contributed by atoms with Crippen LogP contribution in [0.25, 0.3) is 0 Å². The summed E-state index contributed by atoms with van der Waals surface area (Å²) in [6.45, 7) is 2.46. The van der Waals surface area contributed by atoms with Gasteiger partial charge in [0, 0.05) is 21.8 Å². The normalized spacial score (nSPS) is 10.8. The molecule has 0 atom stereocenters. The number of carbonyl (C=O) groups excluding carboxylic acids is 1. The number of aryl methyl sites for hydroxylation is 1. The second-order valence-corrected chi connectivity index (χ2v) is 8.14. The van der Waals surface area contributed by atoms with Crippen molar-refractivity contribution in [2.24, 2.45) is 0 Å². The van der Waals surface area contributed by atoms with Crippen molar-refractivity contribution < 1.29 is 14.1 Å².